The highest BCUT2D eigenvalue weighted by atomic mass is 79.9. The van der Waals surface area contributed by atoms with Crippen LogP contribution >= 0.6 is 15.9 Å². The van der Waals surface area contributed by atoms with Crippen molar-refractivity contribution >= 4 is 21.7 Å². The molecule has 112 valence electrons. The third-order valence-corrected chi connectivity index (χ3v) is 4.56. The molecule has 0 bridgehead atoms. The maximum absolute atomic E-state index is 5.26. The van der Waals surface area contributed by atoms with E-state index in [-0.39, 0.29) is 0 Å². The van der Waals surface area contributed by atoms with Crippen molar-refractivity contribution in [1.29, 1.82) is 0 Å². The molecule has 5 heteroatoms. The lowest BCUT2D eigenvalue weighted by Crippen LogP contribution is -2.14. The van der Waals surface area contributed by atoms with Gasteiger partial charge in [0.1, 0.15) is 11.6 Å². The van der Waals surface area contributed by atoms with Gasteiger partial charge in [-0.1, -0.05) is 26.2 Å². The smallest absolute Gasteiger partial charge is 0.144 e. The second kappa shape index (κ2) is 7.93. The monoisotopic (exact) mass is 341 g/mol. The summed E-state index contributed by atoms with van der Waals surface area (Å²) in [7, 11) is 1.70. The molecule has 1 fully saturated rings. The largest absolute Gasteiger partial charge is 0.378 e. The number of halogens is 1. The van der Waals surface area contributed by atoms with Gasteiger partial charge in [0.2, 0.25) is 0 Å². The summed E-state index contributed by atoms with van der Waals surface area (Å²) in [6.07, 6.45) is 7.43. The fourth-order valence-electron chi connectivity index (χ4n) is 2.65. The van der Waals surface area contributed by atoms with Gasteiger partial charge < -0.3 is 10.1 Å². The van der Waals surface area contributed by atoms with E-state index in [0.717, 1.165) is 34.8 Å². The summed E-state index contributed by atoms with van der Waals surface area (Å²) in [6, 6.07) is 0. The molecule has 0 saturated heterocycles. The lowest BCUT2D eigenvalue weighted by molar-refractivity contribution is 0.180. The maximum atomic E-state index is 5.26. The molecular formula is C15H24BrN3O. The van der Waals surface area contributed by atoms with Crippen molar-refractivity contribution in [3.05, 3.63) is 16.0 Å². The molecule has 0 atom stereocenters. The van der Waals surface area contributed by atoms with Crippen LogP contribution in [0.15, 0.2) is 4.47 Å². The van der Waals surface area contributed by atoms with Crippen LogP contribution in [0.2, 0.25) is 0 Å². The van der Waals surface area contributed by atoms with Crippen LogP contribution in [0, 0.1) is 0 Å². The average Bonchev–Trinajstić information content (AvgIpc) is 2.49. The normalized spacial score (nSPS) is 16.4. The van der Waals surface area contributed by atoms with E-state index in [1.165, 1.54) is 32.1 Å². The summed E-state index contributed by atoms with van der Waals surface area (Å²) < 4.78 is 6.20. The molecule has 0 aromatic carbocycles. The van der Waals surface area contributed by atoms with E-state index in [1.54, 1.807) is 7.11 Å². The van der Waals surface area contributed by atoms with Gasteiger partial charge >= 0.3 is 0 Å². The number of anilines is 1. The van der Waals surface area contributed by atoms with Crippen molar-refractivity contribution in [1.82, 2.24) is 9.97 Å². The maximum Gasteiger partial charge on any atom is 0.144 e. The first-order valence-electron chi connectivity index (χ1n) is 7.55. The lowest BCUT2D eigenvalue weighted by Gasteiger charge is -2.22. The SMILES string of the molecule is CCCNc1nc(C2CCCCC2)nc(COC)c1Br. The highest BCUT2D eigenvalue weighted by Crippen LogP contribution is 2.33. The van der Waals surface area contributed by atoms with Gasteiger partial charge in [0, 0.05) is 19.6 Å². The van der Waals surface area contributed by atoms with Gasteiger partial charge in [0.05, 0.1) is 16.8 Å². The second-order valence-electron chi connectivity index (χ2n) is 5.39. The summed E-state index contributed by atoms with van der Waals surface area (Å²) in [4.78, 5) is 9.48. The van der Waals surface area contributed by atoms with Crippen LogP contribution in [0.25, 0.3) is 0 Å². The molecule has 0 amide bonds. The van der Waals surface area contributed by atoms with Gasteiger partial charge in [-0.2, -0.15) is 0 Å². The zero-order chi connectivity index (χ0) is 14.4. The minimum absolute atomic E-state index is 0.509. The van der Waals surface area contributed by atoms with Crippen molar-refractivity contribution in [3.63, 3.8) is 0 Å². The van der Waals surface area contributed by atoms with E-state index in [4.69, 9.17) is 14.7 Å². The molecular weight excluding hydrogens is 318 g/mol. The lowest BCUT2D eigenvalue weighted by atomic mass is 9.88. The van der Waals surface area contributed by atoms with Crippen molar-refractivity contribution in [2.45, 2.75) is 58.0 Å². The van der Waals surface area contributed by atoms with Crippen molar-refractivity contribution in [3.8, 4) is 0 Å². The molecule has 1 aromatic heterocycles. The third kappa shape index (κ3) is 3.92. The number of hydrogen-bond acceptors (Lipinski definition) is 4. The first-order valence-corrected chi connectivity index (χ1v) is 8.34. The summed E-state index contributed by atoms with van der Waals surface area (Å²) in [5.74, 6) is 2.41. The molecule has 0 spiro atoms. The summed E-state index contributed by atoms with van der Waals surface area (Å²) in [6.45, 7) is 3.59. The first kappa shape index (κ1) is 15.7. The molecule has 1 aliphatic carbocycles. The Hall–Kier alpha value is -0.680. The fraction of sp³-hybridized carbons (Fsp3) is 0.733. The molecule has 0 unspecified atom stereocenters. The Morgan fingerprint density at radius 1 is 1.25 bits per heavy atom. The van der Waals surface area contributed by atoms with Crippen LogP contribution in [0.1, 0.15) is 62.9 Å². The van der Waals surface area contributed by atoms with Crippen LogP contribution < -0.4 is 5.32 Å². The Morgan fingerprint density at radius 2 is 2.00 bits per heavy atom. The van der Waals surface area contributed by atoms with Crippen molar-refractivity contribution in [2.24, 2.45) is 0 Å². The Kier molecular flexibility index (Phi) is 6.23. The predicted molar refractivity (Wildman–Crippen MR) is 85.1 cm³/mol. The van der Waals surface area contributed by atoms with Gasteiger partial charge in [-0.15, -0.1) is 0 Å². The number of aromatic nitrogens is 2. The molecule has 1 heterocycles. The van der Waals surface area contributed by atoms with Crippen LogP contribution in [0.4, 0.5) is 5.82 Å². The van der Waals surface area contributed by atoms with Gasteiger partial charge in [-0.05, 0) is 35.2 Å². The highest BCUT2D eigenvalue weighted by molar-refractivity contribution is 9.10. The molecule has 1 N–H and O–H groups in total. The van der Waals surface area contributed by atoms with E-state index < -0.39 is 0 Å². The van der Waals surface area contributed by atoms with Crippen LogP contribution in [-0.4, -0.2) is 23.6 Å². The zero-order valence-electron chi connectivity index (χ0n) is 12.4. The highest BCUT2D eigenvalue weighted by Gasteiger charge is 2.21. The topological polar surface area (TPSA) is 47.0 Å². The zero-order valence-corrected chi connectivity index (χ0v) is 14.0. The first-order chi connectivity index (χ1) is 9.76. The number of rotatable bonds is 6. The number of nitrogens with one attached hydrogen (secondary N) is 1. The second-order valence-corrected chi connectivity index (χ2v) is 6.18. The number of nitrogens with zero attached hydrogens (tertiary/aromatic N) is 2. The minimum Gasteiger partial charge on any atom is -0.378 e. The molecule has 20 heavy (non-hydrogen) atoms. The van der Waals surface area contributed by atoms with E-state index in [9.17, 15) is 0 Å². The van der Waals surface area contributed by atoms with E-state index in [1.807, 2.05) is 0 Å². The molecule has 0 radical (unpaired) electrons. The Bertz CT molecular complexity index is 433. The predicted octanol–water partition coefficient (Wildman–Crippen LogP) is 4.26. The van der Waals surface area contributed by atoms with Crippen LogP contribution in [-0.2, 0) is 11.3 Å². The summed E-state index contributed by atoms with van der Waals surface area (Å²) >= 11 is 3.60. The molecule has 0 aliphatic heterocycles. The molecule has 1 saturated carbocycles. The van der Waals surface area contributed by atoms with Crippen molar-refractivity contribution < 1.29 is 4.74 Å². The minimum atomic E-state index is 0.509. The molecule has 2 rings (SSSR count). The third-order valence-electron chi connectivity index (χ3n) is 3.73. The fourth-order valence-corrected chi connectivity index (χ4v) is 3.08. The number of methoxy groups -OCH3 is 1. The van der Waals surface area contributed by atoms with Crippen LogP contribution in [0.5, 0.6) is 0 Å². The van der Waals surface area contributed by atoms with Gasteiger partial charge in [-0.3, -0.25) is 0 Å². The van der Waals surface area contributed by atoms with Gasteiger partial charge in [-0.25, -0.2) is 9.97 Å². The van der Waals surface area contributed by atoms with Crippen molar-refractivity contribution in [2.75, 3.05) is 19.0 Å². The Morgan fingerprint density at radius 3 is 2.65 bits per heavy atom. The Balaban J connectivity index is 2.27. The Labute approximate surface area is 129 Å². The molecule has 4 nitrogen and oxygen atoms in total. The van der Waals surface area contributed by atoms with E-state index in [2.05, 4.69) is 28.2 Å². The summed E-state index contributed by atoms with van der Waals surface area (Å²) in [5.41, 5.74) is 0.946. The van der Waals surface area contributed by atoms with Gasteiger partial charge in [0.25, 0.3) is 0 Å². The number of ether oxygens (including phenoxy) is 1. The van der Waals surface area contributed by atoms with E-state index >= 15 is 0 Å². The standard InChI is InChI=1S/C15H24BrN3O/c1-3-9-17-15-13(16)12(10-20-2)18-14(19-15)11-7-5-4-6-8-11/h11H,3-10H2,1-2H3,(H,17,18,19). The van der Waals surface area contributed by atoms with Gasteiger partial charge in [0.15, 0.2) is 0 Å². The quantitative estimate of drug-likeness (QED) is 0.839. The molecule has 1 aromatic rings. The molecule has 1 aliphatic rings. The van der Waals surface area contributed by atoms with E-state index in [0.29, 0.717) is 12.5 Å². The number of hydrogen-bond donors (Lipinski definition) is 1. The average molecular weight is 342 g/mol. The van der Waals surface area contributed by atoms with Crippen LogP contribution in [0.3, 0.4) is 0 Å². The summed E-state index contributed by atoms with van der Waals surface area (Å²) in [5, 5.41) is 3.39.